The molecule has 1 aromatic carbocycles. The first-order chi connectivity index (χ1) is 12.9. The van der Waals surface area contributed by atoms with E-state index in [-0.39, 0.29) is 11.6 Å². The quantitative estimate of drug-likeness (QED) is 0.659. The normalized spacial score (nSPS) is 18.7. The number of fused-ring (bicyclic) bond motifs is 1. The summed E-state index contributed by atoms with van der Waals surface area (Å²) in [6.07, 6.45) is 5.51. The van der Waals surface area contributed by atoms with Crippen LogP contribution in [0.1, 0.15) is 32.3 Å². The van der Waals surface area contributed by atoms with Crippen LogP contribution in [-0.4, -0.2) is 26.5 Å². The molecule has 0 aliphatic carbocycles. The molecule has 0 spiro atoms. The number of H-pyrrole nitrogens is 1. The van der Waals surface area contributed by atoms with Crippen LogP contribution < -0.4 is 10.6 Å². The summed E-state index contributed by atoms with van der Waals surface area (Å²) in [5.41, 5.74) is 4.43. The molecule has 0 bridgehead atoms. The molecule has 3 aromatic rings. The van der Waals surface area contributed by atoms with Crippen molar-refractivity contribution in [2.75, 3.05) is 5.32 Å². The molecular formula is C21H22N6. The zero-order valence-electron chi connectivity index (χ0n) is 15.5. The Kier molecular flexibility index (Phi) is 4.08. The number of benzene rings is 1. The summed E-state index contributed by atoms with van der Waals surface area (Å²) in [7, 11) is 0. The number of hydrogen-bond donors (Lipinski definition) is 3. The van der Waals surface area contributed by atoms with Gasteiger partial charge in [0.2, 0.25) is 5.95 Å². The number of nitrogens with zero attached hydrogens (tertiary/aromatic N) is 3. The SMILES string of the molecule is C=C1CC(Nc2nccc(-c3c[nH]c4cc(C#N)ccc34)n2)CC(C)(C)N1. The largest absolute Gasteiger partial charge is 0.384 e. The van der Waals surface area contributed by atoms with E-state index in [1.807, 2.05) is 30.5 Å². The highest BCUT2D eigenvalue weighted by Gasteiger charge is 2.29. The molecular weight excluding hydrogens is 336 g/mol. The van der Waals surface area contributed by atoms with Crippen LogP contribution in [0.15, 0.2) is 48.9 Å². The average molecular weight is 358 g/mol. The average Bonchev–Trinajstić information content (AvgIpc) is 3.03. The second-order valence-electron chi connectivity index (χ2n) is 7.70. The van der Waals surface area contributed by atoms with Crippen molar-refractivity contribution in [3.63, 3.8) is 0 Å². The lowest BCUT2D eigenvalue weighted by Gasteiger charge is -2.38. The molecule has 0 amide bonds. The molecule has 1 atom stereocenters. The molecule has 1 unspecified atom stereocenters. The Balaban J connectivity index is 1.62. The maximum absolute atomic E-state index is 9.07. The summed E-state index contributed by atoms with van der Waals surface area (Å²) in [5, 5.41) is 17.0. The second kappa shape index (κ2) is 6.44. The lowest BCUT2D eigenvalue weighted by atomic mass is 9.88. The molecule has 136 valence electrons. The van der Waals surface area contributed by atoms with Crippen LogP contribution >= 0.6 is 0 Å². The van der Waals surface area contributed by atoms with Crippen LogP contribution in [0.2, 0.25) is 0 Å². The zero-order chi connectivity index (χ0) is 19.0. The summed E-state index contributed by atoms with van der Waals surface area (Å²) in [5.74, 6) is 0.617. The molecule has 1 saturated heterocycles. The lowest BCUT2D eigenvalue weighted by Crippen LogP contribution is -2.48. The standard InChI is InChI=1S/C21H22N6/c1-13-8-15(10-21(2,3)27-13)25-20-23-7-6-18(26-20)17-12-24-19-9-14(11-22)4-5-16(17)19/h4-7,9,12,15,24,27H,1,8,10H2,2-3H3,(H,23,25,26). The summed E-state index contributed by atoms with van der Waals surface area (Å²) in [6, 6.07) is 9.93. The maximum Gasteiger partial charge on any atom is 0.223 e. The smallest absolute Gasteiger partial charge is 0.223 e. The molecule has 0 radical (unpaired) electrons. The minimum absolute atomic E-state index is 0.0000995. The molecule has 3 heterocycles. The Morgan fingerprint density at radius 2 is 2.19 bits per heavy atom. The molecule has 27 heavy (non-hydrogen) atoms. The van der Waals surface area contributed by atoms with Gasteiger partial charge in [-0.2, -0.15) is 5.26 Å². The van der Waals surface area contributed by atoms with Crippen molar-refractivity contribution in [1.29, 1.82) is 5.26 Å². The van der Waals surface area contributed by atoms with Crippen LogP contribution in [0.3, 0.4) is 0 Å². The first-order valence-corrected chi connectivity index (χ1v) is 9.01. The van der Waals surface area contributed by atoms with Gasteiger partial charge in [-0.15, -0.1) is 0 Å². The Labute approximate surface area is 158 Å². The van der Waals surface area contributed by atoms with Crippen LogP contribution in [0.25, 0.3) is 22.2 Å². The Bertz CT molecular complexity index is 1060. The van der Waals surface area contributed by atoms with Crippen molar-refractivity contribution in [1.82, 2.24) is 20.3 Å². The highest BCUT2D eigenvalue weighted by Crippen LogP contribution is 2.29. The van der Waals surface area contributed by atoms with Gasteiger partial charge in [0.1, 0.15) is 0 Å². The van der Waals surface area contributed by atoms with Crippen LogP contribution in [0, 0.1) is 11.3 Å². The van der Waals surface area contributed by atoms with Crippen molar-refractivity contribution in [3.8, 4) is 17.3 Å². The van der Waals surface area contributed by atoms with Gasteiger partial charge in [0.15, 0.2) is 0 Å². The fourth-order valence-corrected chi connectivity index (χ4v) is 3.84. The maximum atomic E-state index is 9.07. The summed E-state index contributed by atoms with van der Waals surface area (Å²) in [4.78, 5) is 12.3. The molecule has 1 aliphatic heterocycles. The fraction of sp³-hybridized carbons (Fsp3) is 0.286. The molecule has 0 saturated carbocycles. The Hall–Kier alpha value is -3.33. The Morgan fingerprint density at radius 3 is 2.96 bits per heavy atom. The van der Waals surface area contributed by atoms with Gasteiger partial charge >= 0.3 is 0 Å². The summed E-state index contributed by atoms with van der Waals surface area (Å²) >= 11 is 0. The summed E-state index contributed by atoms with van der Waals surface area (Å²) in [6.45, 7) is 8.43. The number of aromatic nitrogens is 3. The van der Waals surface area contributed by atoms with E-state index >= 15 is 0 Å². The predicted octanol–water partition coefficient (Wildman–Crippen LogP) is 3.95. The van der Waals surface area contributed by atoms with Crippen LogP contribution in [0.4, 0.5) is 5.95 Å². The first-order valence-electron chi connectivity index (χ1n) is 9.01. The van der Waals surface area contributed by atoms with Crippen molar-refractivity contribution < 1.29 is 0 Å². The van der Waals surface area contributed by atoms with Crippen molar-refractivity contribution >= 4 is 16.9 Å². The van der Waals surface area contributed by atoms with Gasteiger partial charge in [-0.05, 0) is 38.5 Å². The van der Waals surface area contributed by atoms with Crippen molar-refractivity contribution in [2.45, 2.75) is 38.3 Å². The van der Waals surface area contributed by atoms with Gasteiger partial charge in [0.25, 0.3) is 0 Å². The molecule has 6 nitrogen and oxygen atoms in total. The highest BCUT2D eigenvalue weighted by atomic mass is 15.1. The zero-order valence-corrected chi connectivity index (χ0v) is 15.5. The second-order valence-corrected chi connectivity index (χ2v) is 7.70. The van der Waals surface area contributed by atoms with E-state index in [9.17, 15) is 0 Å². The van der Waals surface area contributed by atoms with E-state index in [1.54, 1.807) is 6.20 Å². The van der Waals surface area contributed by atoms with Gasteiger partial charge in [-0.3, -0.25) is 0 Å². The van der Waals surface area contributed by atoms with E-state index < -0.39 is 0 Å². The number of hydrogen-bond acceptors (Lipinski definition) is 5. The van der Waals surface area contributed by atoms with Gasteiger partial charge in [0.05, 0.1) is 17.3 Å². The van der Waals surface area contributed by atoms with E-state index in [4.69, 9.17) is 10.2 Å². The minimum atomic E-state index is -0.0000995. The Morgan fingerprint density at radius 1 is 1.33 bits per heavy atom. The lowest BCUT2D eigenvalue weighted by molar-refractivity contribution is 0.324. The fourth-order valence-electron chi connectivity index (χ4n) is 3.84. The van der Waals surface area contributed by atoms with Gasteiger partial charge in [-0.25, -0.2) is 9.97 Å². The molecule has 2 aromatic heterocycles. The number of nitriles is 1. The van der Waals surface area contributed by atoms with Crippen molar-refractivity contribution in [2.24, 2.45) is 0 Å². The number of aromatic amines is 1. The van der Waals surface area contributed by atoms with Gasteiger partial charge < -0.3 is 15.6 Å². The summed E-state index contributed by atoms with van der Waals surface area (Å²) < 4.78 is 0. The molecule has 3 N–H and O–H groups in total. The third-order valence-corrected chi connectivity index (χ3v) is 4.84. The predicted molar refractivity (Wildman–Crippen MR) is 107 cm³/mol. The van der Waals surface area contributed by atoms with E-state index in [1.165, 1.54) is 0 Å². The van der Waals surface area contributed by atoms with Gasteiger partial charge in [-0.1, -0.05) is 12.6 Å². The van der Waals surface area contributed by atoms with E-state index in [2.05, 4.69) is 47.1 Å². The first kappa shape index (κ1) is 17.1. The van der Waals surface area contributed by atoms with Crippen molar-refractivity contribution in [3.05, 3.63) is 54.5 Å². The topological polar surface area (TPSA) is 89.4 Å². The number of nitrogens with one attached hydrogen (secondary N) is 3. The minimum Gasteiger partial charge on any atom is -0.384 e. The molecule has 4 rings (SSSR count). The van der Waals surface area contributed by atoms with Crippen LogP contribution in [0.5, 0.6) is 0 Å². The molecule has 1 aliphatic rings. The van der Waals surface area contributed by atoms with Crippen LogP contribution in [-0.2, 0) is 0 Å². The number of anilines is 1. The van der Waals surface area contributed by atoms with E-state index in [0.717, 1.165) is 40.7 Å². The third-order valence-electron chi connectivity index (χ3n) is 4.84. The third kappa shape index (κ3) is 3.49. The van der Waals surface area contributed by atoms with Gasteiger partial charge in [0, 0.05) is 52.6 Å². The van der Waals surface area contributed by atoms with E-state index in [0.29, 0.717) is 11.5 Å². The number of rotatable bonds is 3. The molecule has 6 heteroatoms. The monoisotopic (exact) mass is 358 g/mol. The molecule has 1 fully saturated rings. The highest BCUT2D eigenvalue weighted by molar-refractivity contribution is 5.95. The number of piperidine rings is 1.